The lowest BCUT2D eigenvalue weighted by Crippen LogP contribution is -2.44. The fourth-order valence-electron chi connectivity index (χ4n) is 2.42. The maximum absolute atomic E-state index is 5.98. The molecule has 0 saturated carbocycles. The van der Waals surface area contributed by atoms with E-state index in [1.165, 1.54) is 0 Å². The highest BCUT2D eigenvalue weighted by Crippen LogP contribution is 2.22. The van der Waals surface area contributed by atoms with Crippen LogP contribution in [0.4, 0.5) is 0 Å². The summed E-state index contributed by atoms with van der Waals surface area (Å²) in [5.74, 6) is 1.55. The zero-order valence-corrected chi connectivity index (χ0v) is 17.3. The molecule has 8 heteroatoms. The molecule has 0 aliphatic carbocycles. The molecule has 1 aromatic rings. The van der Waals surface area contributed by atoms with Gasteiger partial charge < -0.3 is 20.1 Å². The Morgan fingerprint density at radius 2 is 2.08 bits per heavy atom. The Morgan fingerprint density at radius 3 is 2.75 bits per heavy atom. The van der Waals surface area contributed by atoms with E-state index in [1.807, 2.05) is 18.2 Å². The number of nitrogens with one attached hydrogen (secondary N) is 2. The summed E-state index contributed by atoms with van der Waals surface area (Å²) in [4.78, 5) is 6.62. The Balaban J connectivity index is 0.00000288. The molecule has 1 saturated heterocycles. The van der Waals surface area contributed by atoms with Gasteiger partial charge in [0.25, 0.3) is 0 Å². The van der Waals surface area contributed by atoms with Crippen LogP contribution in [0.3, 0.4) is 0 Å². The summed E-state index contributed by atoms with van der Waals surface area (Å²) in [5.41, 5.74) is 1.04. The van der Waals surface area contributed by atoms with Crippen LogP contribution in [0.1, 0.15) is 5.56 Å². The predicted octanol–water partition coefficient (Wildman–Crippen LogP) is 1.96. The largest absolute Gasteiger partial charge is 0.496 e. The molecule has 1 aliphatic rings. The van der Waals surface area contributed by atoms with Crippen LogP contribution < -0.4 is 15.4 Å². The lowest BCUT2D eigenvalue weighted by molar-refractivity contribution is 0.0389. The number of rotatable bonds is 6. The molecule has 6 nitrogen and oxygen atoms in total. The maximum Gasteiger partial charge on any atom is 0.191 e. The molecule has 136 valence electrons. The molecular weight excluding hydrogens is 443 g/mol. The van der Waals surface area contributed by atoms with Gasteiger partial charge >= 0.3 is 0 Å². The first kappa shape index (κ1) is 21.3. The summed E-state index contributed by atoms with van der Waals surface area (Å²) in [5, 5.41) is 7.28. The van der Waals surface area contributed by atoms with Gasteiger partial charge in [0.2, 0.25) is 0 Å². The highest BCUT2D eigenvalue weighted by Gasteiger charge is 2.10. The Bertz CT molecular complexity index is 525. The van der Waals surface area contributed by atoms with Crippen LogP contribution in [0.2, 0.25) is 5.02 Å². The van der Waals surface area contributed by atoms with Gasteiger partial charge in [-0.25, -0.2) is 0 Å². The molecule has 2 N–H and O–H groups in total. The molecule has 0 amide bonds. The minimum Gasteiger partial charge on any atom is -0.496 e. The molecule has 1 fully saturated rings. The Morgan fingerprint density at radius 1 is 1.33 bits per heavy atom. The van der Waals surface area contributed by atoms with Crippen molar-refractivity contribution in [2.24, 2.45) is 4.99 Å². The fourth-order valence-corrected chi connectivity index (χ4v) is 2.58. The topological polar surface area (TPSA) is 58.1 Å². The molecule has 1 aliphatic heterocycles. The third-order valence-electron chi connectivity index (χ3n) is 3.74. The maximum atomic E-state index is 5.98. The van der Waals surface area contributed by atoms with Gasteiger partial charge in [0.1, 0.15) is 5.75 Å². The van der Waals surface area contributed by atoms with Gasteiger partial charge in [-0.15, -0.1) is 24.0 Å². The lowest BCUT2D eigenvalue weighted by atomic mass is 10.2. The Labute approximate surface area is 166 Å². The molecule has 0 unspecified atom stereocenters. The first-order valence-corrected chi connectivity index (χ1v) is 8.17. The smallest absolute Gasteiger partial charge is 0.191 e. The number of guanidine groups is 1. The van der Waals surface area contributed by atoms with E-state index in [1.54, 1.807) is 14.2 Å². The van der Waals surface area contributed by atoms with E-state index in [0.717, 1.165) is 56.7 Å². The van der Waals surface area contributed by atoms with E-state index in [2.05, 4.69) is 20.5 Å². The van der Waals surface area contributed by atoms with Crippen molar-refractivity contribution < 1.29 is 9.47 Å². The molecule has 1 heterocycles. The monoisotopic (exact) mass is 468 g/mol. The minimum absolute atomic E-state index is 0. The quantitative estimate of drug-likeness (QED) is 0.380. The van der Waals surface area contributed by atoms with Gasteiger partial charge in [-0.2, -0.15) is 0 Å². The molecule has 1 aromatic carbocycles. The SMILES string of the molecule is CN=C(NCCN1CCOCC1)NCc1ccc(Cl)cc1OC.I. The van der Waals surface area contributed by atoms with E-state index in [-0.39, 0.29) is 24.0 Å². The van der Waals surface area contributed by atoms with Crippen LogP contribution >= 0.6 is 35.6 Å². The van der Waals surface area contributed by atoms with Crippen molar-refractivity contribution in [2.75, 3.05) is 53.6 Å². The van der Waals surface area contributed by atoms with Gasteiger partial charge in [-0.1, -0.05) is 17.7 Å². The fraction of sp³-hybridized carbons (Fsp3) is 0.562. The van der Waals surface area contributed by atoms with Crippen molar-refractivity contribution in [3.05, 3.63) is 28.8 Å². The Hall–Kier alpha value is -0.770. The van der Waals surface area contributed by atoms with Gasteiger partial charge in [-0.05, 0) is 12.1 Å². The molecule has 0 spiro atoms. The van der Waals surface area contributed by atoms with Gasteiger partial charge in [-0.3, -0.25) is 9.89 Å². The molecule has 0 radical (unpaired) electrons. The summed E-state index contributed by atoms with van der Waals surface area (Å²) in [6, 6.07) is 5.62. The van der Waals surface area contributed by atoms with Gasteiger partial charge in [0, 0.05) is 50.4 Å². The molecule has 24 heavy (non-hydrogen) atoms. The molecule has 0 bridgehead atoms. The normalized spacial score (nSPS) is 15.5. The van der Waals surface area contributed by atoms with Crippen LogP contribution in [0.25, 0.3) is 0 Å². The minimum atomic E-state index is 0. The number of methoxy groups -OCH3 is 1. The second-order valence-corrected chi connectivity index (χ2v) is 5.70. The summed E-state index contributed by atoms with van der Waals surface area (Å²) in [7, 11) is 3.41. The number of benzene rings is 1. The number of nitrogens with zero attached hydrogens (tertiary/aromatic N) is 2. The number of ether oxygens (including phenoxy) is 2. The summed E-state index contributed by atoms with van der Waals surface area (Å²) in [6.45, 7) is 6.08. The average Bonchev–Trinajstić information content (AvgIpc) is 2.59. The van der Waals surface area contributed by atoms with E-state index < -0.39 is 0 Å². The van der Waals surface area contributed by atoms with E-state index in [0.29, 0.717) is 11.6 Å². The van der Waals surface area contributed by atoms with Crippen molar-refractivity contribution >= 4 is 41.5 Å². The van der Waals surface area contributed by atoms with Crippen molar-refractivity contribution in [1.82, 2.24) is 15.5 Å². The number of morpholine rings is 1. The number of hydrogen-bond donors (Lipinski definition) is 2. The molecule has 0 atom stereocenters. The summed E-state index contributed by atoms with van der Waals surface area (Å²) >= 11 is 5.98. The summed E-state index contributed by atoms with van der Waals surface area (Å²) in [6.07, 6.45) is 0. The van der Waals surface area contributed by atoms with Gasteiger partial charge in [0.05, 0.1) is 20.3 Å². The third-order valence-corrected chi connectivity index (χ3v) is 3.98. The predicted molar refractivity (Wildman–Crippen MR) is 109 cm³/mol. The number of aliphatic imine (C=N–C) groups is 1. The van der Waals surface area contributed by atoms with E-state index in [4.69, 9.17) is 21.1 Å². The summed E-state index contributed by atoms with van der Waals surface area (Å²) < 4.78 is 10.7. The molecule has 2 rings (SSSR count). The first-order valence-electron chi connectivity index (χ1n) is 7.80. The highest BCUT2D eigenvalue weighted by atomic mass is 127. The first-order chi connectivity index (χ1) is 11.2. The number of hydrogen-bond acceptors (Lipinski definition) is 4. The van der Waals surface area contributed by atoms with Gasteiger partial charge in [0.15, 0.2) is 5.96 Å². The second kappa shape index (κ2) is 11.7. The van der Waals surface area contributed by atoms with E-state index >= 15 is 0 Å². The highest BCUT2D eigenvalue weighted by molar-refractivity contribution is 14.0. The third kappa shape index (κ3) is 7.00. The van der Waals surface area contributed by atoms with Crippen LogP contribution in [-0.2, 0) is 11.3 Å². The van der Waals surface area contributed by atoms with Crippen molar-refractivity contribution in [2.45, 2.75) is 6.54 Å². The van der Waals surface area contributed by atoms with Crippen LogP contribution in [-0.4, -0.2) is 64.4 Å². The second-order valence-electron chi connectivity index (χ2n) is 5.26. The van der Waals surface area contributed by atoms with Crippen LogP contribution in [0.15, 0.2) is 23.2 Å². The molecular formula is C16H26ClIN4O2. The van der Waals surface area contributed by atoms with Crippen molar-refractivity contribution in [1.29, 1.82) is 0 Å². The van der Waals surface area contributed by atoms with Crippen LogP contribution in [0.5, 0.6) is 5.75 Å². The molecule has 0 aromatic heterocycles. The lowest BCUT2D eigenvalue weighted by Gasteiger charge is -2.26. The van der Waals surface area contributed by atoms with E-state index in [9.17, 15) is 0 Å². The standard InChI is InChI=1S/C16H25ClN4O2.HI/c1-18-16(19-5-6-21-7-9-23-10-8-21)20-12-13-3-4-14(17)11-15(13)22-2;/h3-4,11H,5-10,12H2,1-2H3,(H2,18,19,20);1H. The number of halogens is 2. The average molecular weight is 469 g/mol. The zero-order valence-electron chi connectivity index (χ0n) is 14.2. The zero-order chi connectivity index (χ0) is 16.5. The van der Waals surface area contributed by atoms with Crippen molar-refractivity contribution in [3.8, 4) is 5.75 Å². The van der Waals surface area contributed by atoms with Crippen molar-refractivity contribution in [3.63, 3.8) is 0 Å². The van der Waals surface area contributed by atoms with Crippen LogP contribution in [0, 0.1) is 0 Å². The Kier molecular flexibility index (Phi) is 10.4.